The van der Waals surface area contributed by atoms with Crippen molar-refractivity contribution in [2.75, 3.05) is 7.11 Å². The molecule has 9 heteroatoms. The van der Waals surface area contributed by atoms with Gasteiger partial charge in [0.15, 0.2) is 11.3 Å². The first-order valence-corrected chi connectivity index (χ1v) is 4.38. The lowest BCUT2D eigenvalue weighted by Crippen LogP contribution is -2.11. The highest BCUT2D eigenvalue weighted by molar-refractivity contribution is 5.91. The molecule has 1 aromatic rings. The zero-order valence-corrected chi connectivity index (χ0v) is 8.89. The number of nitro groups is 1. The fraction of sp³-hybridized carbons (Fsp3) is 0.222. The van der Waals surface area contributed by atoms with Gasteiger partial charge in [0.25, 0.3) is 12.1 Å². The van der Waals surface area contributed by atoms with Crippen LogP contribution in [0.3, 0.4) is 0 Å². The van der Waals surface area contributed by atoms with Crippen LogP contribution in [-0.2, 0) is 4.74 Å². The summed E-state index contributed by atoms with van der Waals surface area (Å²) in [4.78, 5) is 24.1. The maximum Gasteiger partial charge on any atom is 0.358 e. The monoisotopic (exact) mass is 257 g/mol. The average molecular weight is 257 g/mol. The van der Waals surface area contributed by atoms with E-state index < -0.39 is 40.0 Å². The van der Waals surface area contributed by atoms with Crippen molar-refractivity contribution in [3.8, 4) is 6.07 Å². The molecule has 0 amide bonds. The van der Waals surface area contributed by atoms with Gasteiger partial charge in [0.1, 0.15) is 11.8 Å². The van der Waals surface area contributed by atoms with Gasteiger partial charge >= 0.3 is 5.97 Å². The van der Waals surface area contributed by atoms with E-state index in [2.05, 4.69) is 9.72 Å². The van der Waals surface area contributed by atoms with E-state index in [1.54, 1.807) is 0 Å². The number of aromatic nitrogens is 1. The van der Waals surface area contributed by atoms with Gasteiger partial charge in [-0.3, -0.25) is 10.1 Å². The number of carbonyl (C=O) groups excluding carboxylic acids is 1. The van der Waals surface area contributed by atoms with Crippen LogP contribution in [0.5, 0.6) is 0 Å². The number of hydrogen-bond acceptors (Lipinski definition) is 6. The van der Waals surface area contributed by atoms with Crippen molar-refractivity contribution in [3.05, 3.63) is 33.1 Å². The standard InChI is InChI=1S/C9H5F2N3O4/c1-18-9(15)7-4(3-12)6(14(16)17)2-5(13-7)8(10)11/h2,8H,1H3. The molecule has 0 aliphatic heterocycles. The summed E-state index contributed by atoms with van der Waals surface area (Å²) >= 11 is 0. The molecule has 0 aromatic carbocycles. The Bertz CT molecular complexity index is 553. The molecule has 0 spiro atoms. The second kappa shape index (κ2) is 5.13. The first kappa shape index (κ1) is 13.4. The molecule has 0 N–H and O–H groups in total. The minimum Gasteiger partial charge on any atom is -0.464 e. The minimum atomic E-state index is -3.11. The van der Waals surface area contributed by atoms with Crippen molar-refractivity contribution in [1.82, 2.24) is 4.98 Å². The quantitative estimate of drug-likeness (QED) is 0.462. The van der Waals surface area contributed by atoms with Gasteiger partial charge < -0.3 is 4.74 Å². The highest BCUT2D eigenvalue weighted by Gasteiger charge is 2.28. The third-order valence-corrected chi connectivity index (χ3v) is 1.93. The van der Waals surface area contributed by atoms with E-state index in [1.807, 2.05) is 0 Å². The Morgan fingerprint density at radius 3 is 2.67 bits per heavy atom. The highest BCUT2D eigenvalue weighted by atomic mass is 19.3. The smallest absolute Gasteiger partial charge is 0.358 e. The maximum atomic E-state index is 12.5. The summed E-state index contributed by atoms with van der Waals surface area (Å²) in [5.74, 6) is -1.20. The number of carbonyl (C=O) groups is 1. The van der Waals surface area contributed by atoms with Crippen LogP contribution in [0.15, 0.2) is 6.07 Å². The van der Waals surface area contributed by atoms with Crippen LogP contribution in [-0.4, -0.2) is 23.0 Å². The van der Waals surface area contributed by atoms with Crippen LogP contribution < -0.4 is 0 Å². The topological polar surface area (TPSA) is 106 Å². The number of pyridine rings is 1. The van der Waals surface area contributed by atoms with Crippen molar-refractivity contribution < 1.29 is 23.2 Å². The predicted octanol–water partition coefficient (Wildman–Crippen LogP) is 1.59. The molecule has 1 aromatic heterocycles. The summed E-state index contributed by atoms with van der Waals surface area (Å²) in [6.45, 7) is 0. The van der Waals surface area contributed by atoms with Gasteiger partial charge in [-0.2, -0.15) is 5.26 Å². The number of nitrogens with zero attached hydrogens (tertiary/aromatic N) is 3. The maximum absolute atomic E-state index is 12.5. The van der Waals surface area contributed by atoms with Crippen LogP contribution >= 0.6 is 0 Å². The molecule has 0 bridgehead atoms. The number of nitriles is 1. The number of hydrogen-bond donors (Lipinski definition) is 0. The van der Waals surface area contributed by atoms with E-state index in [-0.39, 0.29) is 0 Å². The molecule has 0 saturated heterocycles. The van der Waals surface area contributed by atoms with Crippen molar-refractivity contribution in [3.63, 3.8) is 0 Å². The van der Waals surface area contributed by atoms with Gasteiger partial charge in [-0.1, -0.05) is 0 Å². The Morgan fingerprint density at radius 2 is 2.28 bits per heavy atom. The SMILES string of the molecule is COC(=O)c1nc(C(F)F)cc([N+](=O)[O-])c1C#N. The lowest BCUT2D eigenvalue weighted by Gasteiger charge is -2.05. The first-order valence-electron chi connectivity index (χ1n) is 4.38. The lowest BCUT2D eigenvalue weighted by atomic mass is 10.1. The Labute approximate surface area is 98.8 Å². The van der Waals surface area contributed by atoms with Gasteiger partial charge in [0.05, 0.1) is 12.0 Å². The Morgan fingerprint density at radius 1 is 1.67 bits per heavy atom. The van der Waals surface area contributed by atoms with Crippen LogP contribution in [0.4, 0.5) is 14.5 Å². The van der Waals surface area contributed by atoms with Gasteiger partial charge in [0, 0.05) is 6.07 Å². The number of alkyl halides is 2. The molecule has 7 nitrogen and oxygen atoms in total. The van der Waals surface area contributed by atoms with E-state index >= 15 is 0 Å². The molecule has 0 radical (unpaired) electrons. The zero-order valence-electron chi connectivity index (χ0n) is 8.89. The molecule has 1 rings (SSSR count). The summed E-state index contributed by atoms with van der Waals surface area (Å²) in [6.07, 6.45) is -3.11. The van der Waals surface area contributed by atoms with E-state index in [0.29, 0.717) is 6.07 Å². The fourth-order valence-corrected chi connectivity index (χ4v) is 1.16. The van der Waals surface area contributed by atoms with Gasteiger partial charge in [-0.15, -0.1) is 0 Å². The summed E-state index contributed by atoms with van der Waals surface area (Å²) in [5.41, 5.74) is -3.40. The van der Waals surface area contributed by atoms with Gasteiger partial charge in [-0.05, 0) is 0 Å². The third-order valence-electron chi connectivity index (χ3n) is 1.93. The van der Waals surface area contributed by atoms with Gasteiger partial charge in [0.2, 0.25) is 0 Å². The number of halogens is 2. The molecule has 0 saturated carbocycles. The van der Waals surface area contributed by atoms with Crippen LogP contribution in [0.25, 0.3) is 0 Å². The molecule has 18 heavy (non-hydrogen) atoms. The molecule has 0 fully saturated rings. The molecule has 0 atom stereocenters. The minimum absolute atomic E-state index is 0.454. The second-order valence-corrected chi connectivity index (χ2v) is 2.95. The molecular weight excluding hydrogens is 252 g/mol. The van der Waals surface area contributed by atoms with E-state index in [4.69, 9.17) is 5.26 Å². The summed E-state index contributed by atoms with van der Waals surface area (Å²) in [6, 6.07) is 1.83. The number of esters is 1. The Hall–Kier alpha value is -2.63. The van der Waals surface area contributed by atoms with Crippen molar-refractivity contribution in [1.29, 1.82) is 5.26 Å². The van der Waals surface area contributed by atoms with Crippen LogP contribution in [0, 0.1) is 21.4 Å². The normalized spacial score (nSPS) is 9.94. The Balaban J connectivity index is 3.62. The van der Waals surface area contributed by atoms with Crippen molar-refractivity contribution in [2.45, 2.75) is 6.43 Å². The van der Waals surface area contributed by atoms with Crippen molar-refractivity contribution in [2.24, 2.45) is 0 Å². The van der Waals surface area contributed by atoms with E-state index in [1.165, 1.54) is 6.07 Å². The lowest BCUT2D eigenvalue weighted by molar-refractivity contribution is -0.385. The number of methoxy groups -OCH3 is 1. The summed E-state index contributed by atoms with van der Waals surface area (Å²) in [7, 11) is 0.937. The van der Waals surface area contributed by atoms with Crippen LogP contribution in [0.1, 0.15) is 28.2 Å². The fourth-order valence-electron chi connectivity index (χ4n) is 1.16. The number of rotatable bonds is 3. The van der Waals surface area contributed by atoms with Gasteiger partial charge in [-0.25, -0.2) is 18.6 Å². The molecule has 0 aliphatic rings. The molecule has 0 unspecified atom stereocenters. The van der Waals surface area contributed by atoms with Crippen LogP contribution in [0.2, 0.25) is 0 Å². The average Bonchev–Trinajstić information content (AvgIpc) is 2.35. The predicted molar refractivity (Wildman–Crippen MR) is 51.9 cm³/mol. The van der Waals surface area contributed by atoms with E-state index in [9.17, 15) is 23.7 Å². The molecule has 1 heterocycles. The van der Waals surface area contributed by atoms with Crippen molar-refractivity contribution >= 4 is 11.7 Å². The Kier molecular flexibility index (Phi) is 3.83. The molecule has 94 valence electrons. The van der Waals surface area contributed by atoms with E-state index in [0.717, 1.165) is 7.11 Å². The first-order chi connectivity index (χ1) is 8.42. The third kappa shape index (κ3) is 2.37. The summed E-state index contributed by atoms with van der Waals surface area (Å²) in [5, 5.41) is 19.4. The molecule has 0 aliphatic carbocycles. The number of ether oxygens (including phenoxy) is 1. The molecular formula is C9H5F2N3O4. The second-order valence-electron chi connectivity index (χ2n) is 2.95. The summed E-state index contributed by atoms with van der Waals surface area (Å²) < 4.78 is 29.2. The zero-order chi connectivity index (χ0) is 13.9. The highest BCUT2D eigenvalue weighted by Crippen LogP contribution is 2.27. The largest absolute Gasteiger partial charge is 0.464 e.